The molecule has 3 aromatic rings. The monoisotopic (exact) mass is 287 g/mol. The number of anilines is 2. The molecule has 0 bridgehead atoms. The van der Waals surface area contributed by atoms with Crippen molar-refractivity contribution in [2.24, 2.45) is 7.05 Å². The van der Waals surface area contributed by atoms with E-state index >= 15 is 0 Å². The van der Waals surface area contributed by atoms with Crippen LogP contribution in [0, 0.1) is 0 Å². The van der Waals surface area contributed by atoms with Crippen molar-refractivity contribution in [1.29, 1.82) is 0 Å². The summed E-state index contributed by atoms with van der Waals surface area (Å²) in [5, 5.41) is 12.1. The van der Waals surface area contributed by atoms with Crippen molar-refractivity contribution in [2.45, 2.75) is 6.54 Å². The fourth-order valence-electron chi connectivity index (χ4n) is 1.84. The number of hydrogen-bond donors (Lipinski definition) is 2. The zero-order chi connectivity index (χ0) is 13.9. The summed E-state index contributed by atoms with van der Waals surface area (Å²) in [7, 11) is 1.90. The van der Waals surface area contributed by atoms with E-state index in [9.17, 15) is 0 Å². The zero-order valence-corrected chi connectivity index (χ0v) is 11.6. The number of nitrogens with zero attached hydrogens (tertiary/aromatic N) is 5. The third-order valence-corrected chi connectivity index (χ3v) is 3.70. The molecule has 0 spiro atoms. The Balaban J connectivity index is 1.86. The van der Waals surface area contributed by atoms with Crippen molar-refractivity contribution >= 4 is 22.4 Å². The van der Waals surface area contributed by atoms with Gasteiger partial charge in [-0.25, -0.2) is 0 Å². The molecular formula is C12H13N7S. The van der Waals surface area contributed by atoms with Crippen LogP contribution in [0.3, 0.4) is 0 Å². The number of rotatable bonds is 4. The molecule has 0 radical (unpaired) electrons. The predicted octanol–water partition coefficient (Wildman–Crippen LogP) is 1.53. The molecule has 20 heavy (non-hydrogen) atoms. The largest absolute Gasteiger partial charge is 0.382 e. The van der Waals surface area contributed by atoms with Crippen LogP contribution in [0.25, 0.3) is 11.1 Å². The van der Waals surface area contributed by atoms with E-state index in [2.05, 4.69) is 24.9 Å². The van der Waals surface area contributed by atoms with Crippen LogP contribution in [0.2, 0.25) is 0 Å². The number of aryl methyl sites for hydroxylation is 1. The summed E-state index contributed by atoms with van der Waals surface area (Å²) in [5.41, 5.74) is 7.77. The topological polar surface area (TPSA) is 94.5 Å². The molecule has 0 aliphatic carbocycles. The Morgan fingerprint density at radius 1 is 1.45 bits per heavy atom. The first kappa shape index (κ1) is 12.5. The number of nitrogen functional groups attached to an aromatic ring is 1. The molecule has 0 aliphatic rings. The molecule has 3 N–H and O–H groups in total. The normalized spacial score (nSPS) is 10.7. The van der Waals surface area contributed by atoms with E-state index in [0.29, 0.717) is 12.4 Å². The molecule has 7 nitrogen and oxygen atoms in total. The second-order valence-corrected chi connectivity index (χ2v) is 5.00. The Morgan fingerprint density at radius 3 is 3.05 bits per heavy atom. The second kappa shape index (κ2) is 5.25. The molecule has 3 heterocycles. The number of nitrogens with one attached hydrogen (secondary N) is 1. The average Bonchev–Trinajstić information content (AvgIpc) is 3.03. The van der Waals surface area contributed by atoms with Crippen molar-refractivity contribution in [1.82, 2.24) is 24.1 Å². The Kier molecular flexibility index (Phi) is 3.30. The van der Waals surface area contributed by atoms with Gasteiger partial charge in [0.25, 0.3) is 0 Å². The van der Waals surface area contributed by atoms with Gasteiger partial charge < -0.3 is 15.6 Å². The number of hydrogen-bond acceptors (Lipinski definition) is 7. The van der Waals surface area contributed by atoms with Crippen LogP contribution < -0.4 is 11.1 Å². The molecule has 0 saturated carbocycles. The summed E-state index contributed by atoms with van der Waals surface area (Å²) < 4.78 is 6.06. The molecular weight excluding hydrogens is 274 g/mol. The van der Waals surface area contributed by atoms with Crippen molar-refractivity contribution in [3.05, 3.63) is 36.7 Å². The summed E-state index contributed by atoms with van der Waals surface area (Å²) in [6, 6.07) is 3.83. The van der Waals surface area contributed by atoms with Crippen LogP contribution in [0.15, 0.2) is 30.9 Å². The molecule has 0 unspecified atom stereocenters. The Morgan fingerprint density at radius 2 is 2.35 bits per heavy atom. The lowest BCUT2D eigenvalue weighted by Crippen LogP contribution is -2.05. The maximum Gasteiger partial charge on any atom is 0.151 e. The molecule has 8 heteroatoms. The van der Waals surface area contributed by atoms with Gasteiger partial charge in [-0.1, -0.05) is 6.07 Å². The number of aromatic nitrogens is 5. The molecule has 102 valence electrons. The lowest BCUT2D eigenvalue weighted by atomic mass is 10.1. The van der Waals surface area contributed by atoms with Crippen LogP contribution in [0.4, 0.5) is 10.8 Å². The third kappa shape index (κ3) is 2.32. The minimum Gasteiger partial charge on any atom is -0.382 e. The highest BCUT2D eigenvalue weighted by Gasteiger charge is 2.14. The minimum atomic E-state index is 0.503. The van der Waals surface area contributed by atoms with Crippen LogP contribution in [-0.4, -0.2) is 24.1 Å². The van der Waals surface area contributed by atoms with Crippen molar-refractivity contribution in [2.75, 3.05) is 11.1 Å². The van der Waals surface area contributed by atoms with Crippen LogP contribution in [0.1, 0.15) is 5.82 Å². The first-order valence-corrected chi connectivity index (χ1v) is 6.75. The lowest BCUT2D eigenvalue weighted by Gasteiger charge is -2.06. The SMILES string of the molecule is Cn1cnnc1CNc1snc(N)c1-c1cccnc1. The van der Waals surface area contributed by atoms with E-state index in [-0.39, 0.29) is 0 Å². The van der Waals surface area contributed by atoms with Gasteiger partial charge in [-0.05, 0) is 17.6 Å². The van der Waals surface area contributed by atoms with Crippen LogP contribution in [0.5, 0.6) is 0 Å². The van der Waals surface area contributed by atoms with Gasteiger partial charge in [0.15, 0.2) is 5.82 Å². The molecule has 0 aliphatic heterocycles. The van der Waals surface area contributed by atoms with Gasteiger partial charge in [0.1, 0.15) is 17.1 Å². The third-order valence-electron chi connectivity index (χ3n) is 2.88. The van der Waals surface area contributed by atoms with E-state index in [4.69, 9.17) is 5.73 Å². The predicted molar refractivity (Wildman–Crippen MR) is 78.1 cm³/mol. The van der Waals surface area contributed by atoms with E-state index in [1.54, 1.807) is 18.7 Å². The zero-order valence-electron chi connectivity index (χ0n) is 10.8. The van der Waals surface area contributed by atoms with Gasteiger partial charge in [0.05, 0.1) is 12.1 Å². The Labute approximate surface area is 119 Å². The standard InChI is InChI=1S/C12H13N7S/c1-19-7-16-17-9(19)6-15-12-10(11(13)18-20-12)8-3-2-4-14-5-8/h2-5,7,15H,6H2,1H3,(H2,13,18). The highest BCUT2D eigenvalue weighted by Crippen LogP contribution is 2.36. The minimum absolute atomic E-state index is 0.503. The number of pyridine rings is 1. The van der Waals surface area contributed by atoms with Gasteiger partial charge in [0.2, 0.25) is 0 Å². The second-order valence-electron chi connectivity index (χ2n) is 4.23. The fraction of sp³-hybridized carbons (Fsp3) is 0.167. The van der Waals surface area contributed by atoms with E-state index < -0.39 is 0 Å². The molecule has 0 aromatic carbocycles. The summed E-state index contributed by atoms with van der Waals surface area (Å²) in [5.74, 6) is 1.34. The van der Waals surface area contributed by atoms with Gasteiger partial charge in [-0.15, -0.1) is 10.2 Å². The van der Waals surface area contributed by atoms with Gasteiger partial charge in [0, 0.05) is 25.0 Å². The summed E-state index contributed by atoms with van der Waals surface area (Å²) in [6.07, 6.45) is 5.17. The first-order chi connectivity index (χ1) is 9.75. The van der Waals surface area contributed by atoms with Crippen LogP contribution >= 0.6 is 11.5 Å². The van der Waals surface area contributed by atoms with Crippen molar-refractivity contribution in [3.8, 4) is 11.1 Å². The van der Waals surface area contributed by atoms with E-state index in [0.717, 1.165) is 22.0 Å². The summed E-state index contributed by atoms with van der Waals surface area (Å²) >= 11 is 1.33. The van der Waals surface area contributed by atoms with E-state index in [1.807, 2.05) is 23.7 Å². The van der Waals surface area contributed by atoms with E-state index in [1.165, 1.54) is 11.5 Å². The van der Waals surface area contributed by atoms with Crippen molar-refractivity contribution in [3.63, 3.8) is 0 Å². The molecule has 0 fully saturated rings. The maximum absolute atomic E-state index is 5.95. The molecule has 3 rings (SSSR count). The molecule has 0 atom stereocenters. The fourth-order valence-corrected chi connectivity index (χ4v) is 2.57. The maximum atomic E-state index is 5.95. The van der Waals surface area contributed by atoms with Crippen LogP contribution in [-0.2, 0) is 13.6 Å². The molecule has 0 saturated heterocycles. The Hall–Kier alpha value is -2.48. The summed E-state index contributed by atoms with van der Waals surface area (Å²) in [4.78, 5) is 4.11. The first-order valence-electron chi connectivity index (χ1n) is 5.98. The van der Waals surface area contributed by atoms with Gasteiger partial charge >= 0.3 is 0 Å². The molecule has 0 amide bonds. The summed E-state index contributed by atoms with van der Waals surface area (Å²) in [6.45, 7) is 0.561. The smallest absolute Gasteiger partial charge is 0.151 e. The molecule has 3 aromatic heterocycles. The Bertz CT molecular complexity index is 704. The van der Waals surface area contributed by atoms with Crippen molar-refractivity contribution < 1.29 is 0 Å². The number of nitrogens with two attached hydrogens (primary N) is 1. The lowest BCUT2D eigenvalue weighted by molar-refractivity contribution is 0.813. The average molecular weight is 287 g/mol. The highest BCUT2D eigenvalue weighted by atomic mass is 32.1. The highest BCUT2D eigenvalue weighted by molar-refractivity contribution is 7.11. The van der Waals surface area contributed by atoms with Gasteiger partial charge in [-0.2, -0.15) is 4.37 Å². The quantitative estimate of drug-likeness (QED) is 0.755. The van der Waals surface area contributed by atoms with Gasteiger partial charge in [-0.3, -0.25) is 4.98 Å².